The molecule has 0 amide bonds. The lowest BCUT2D eigenvalue weighted by Crippen LogP contribution is -2.21. The van der Waals surface area contributed by atoms with Gasteiger partial charge in [-0.1, -0.05) is 12.1 Å². The minimum atomic E-state index is -0.914. The monoisotopic (exact) mass is 208 g/mol. The lowest BCUT2D eigenvalue weighted by Gasteiger charge is -2.23. The number of benzene rings is 1. The first kappa shape index (κ1) is 10.1. The molecule has 1 N–H and O–H groups in total. The van der Waals surface area contributed by atoms with Crippen molar-refractivity contribution in [2.24, 2.45) is 0 Å². The molecule has 0 saturated carbocycles. The Morgan fingerprint density at radius 3 is 2.53 bits per heavy atom. The Labute approximate surface area is 87.4 Å². The second-order valence-electron chi connectivity index (χ2n) is 3.36. The number of carboxylic acids is 1. The minimum Gasteiger partial charge on any atom is -0.478 e. The van der Waals surface area contributed by atoms with Crippen molar-refractivity contribution in [3.05, 3.63) is 35.4 Å². The Morgan fingerprint density at radius 2 is 2.00 bits per heavy atom. The van der Waals surface area contributed by atoms with Crippen molar-refractivity contribution in [3.63, 3.8) is 0 Å². The highest BCUT2D eigenvalue weighted by molar-refractivity contribution is 5.87. The fourth-order valence-electron chi connectivity index (χ4n) is 1.52. The summed E-state index contributed by atoms with van der Waals surface area (Å²) in [5.74, 6) is -0.914. The normalized spacial score (nSPS) is 21.2. The van der Waals surface area contributed by atoms with E-state index >= 15 is 0 Å². The summed E-state index contributed by atoms with van der Waals surface area (Å²) in [6.45, 7) is 1.75. The number of aromatic carboxylic acids is 1. The molecule has 1 unspecified atom stereocenters. The molecule has 0 aliphatic carbocycles. The molecule has 4 nitrogen and oxygen atoms in total. The van der Waals surface area contributed by atoms with Crippen LogP contribution in [0.15, 0.2) is 24.3 Å². The Hall–Kier alpha value is -1.39. The van der Waals surface area contributed by atoms with Crippen LogP contribution >= 0.6 is 0 Å². The molecule has 0 bridgehead atoms. The molecular weight excluding hydrogens is 196 g/mol. The average molecular weight is 208 g/mol. The third-order valence-corrected chi connectivity index (χ3v) is 2.35. The molecule has 1 saturated heterocycles. The first-order valence-corrected chi connectivity index (χ1v) is 4.80. The lowest BCUT2D eigenvalue weighted by molar-refractivity contribution is -0.0901. The first-order valence-electron chi connectivity index (χ1n) is 4.80. The molecular formula is C11H12O4. The molecule has 1 heterocycles. The van der Waals surface area contributed by atoms with Gasteiger partial charge in [0, 0.05) is 0 Å². The van der Waals surface area contributed by atoms with Crippen LogP contribution in [0.2, 0.25) is 0 Å². The maximum atomic E-state index is 10.6. The fourth-order valence-corrected chi connectivity index (χ4v) is 1.52. The zero-order chi connectivity index (χ0) is 10.7. The van der Waals surface area contributed by atoms with Crippen molar-refractivity contribution in [1.82, 2.24) is 0 Å². The smallest absolute Gasteiger partial charge is 0.335 e. The summed E-state index contributed by atoms with van der Waals surface area (Å²) in [6, 6.07) is 6.69. The summed E-state index contributed by atoms with van der Waals surface area (Å²) in [5, 5.41) is 8.73. The van der Waals surface area contributed by atoms with E-state index in [1.54, 1.807) is 24.3 Å². The molecule has 1 aliphatic rings. The zero-order valence-electron chi connectivity index (χ0n) is 8.18. The summed E-state index contributed by atoms with van der Waals surface area (Å²) < 4.78 is 10.8. The molecule has 1 aromatic carbocycles. The van der Waals surface area contributed by atoms with Crippen LogP contribution in [0.5, 0.6) is 0 Å². The number of ether oxygens (including phenoxy) is 2. The topological polar surface area (TPSA) is 55.8 Å². The van der Waals surface area contributed by atoms with Crippen LogP contribution in [-0.2, 0) is 9.47 Å². The van der Waals surface area contributed by atoms with Gasteiger partial charge in [0.2, 0.25) is 0 Å². The van der Waals surface area contributed by atoms with E-state index in [-0.39, 0.29) is 11.7 Å². The Balaban J connectivity index is 2.11. The number of hydrogen-bond acceptors (Lipinski definition) is 3. The van der Waals surface area contributed by atoms with Gasteiger partial charge in [-0.15, -0.1) is 0 Å². The second kappa shape index (κ2) is 4.42. The van der Waals surface area contributed by atoms with Crippen LogP contribution in [0.3, 0.4) is 0 Å². The van der Waals surface area contributed by atoms with Crippen molar-refractivity contribution >= 4 is 5.97 Å². The maximum Gasteiger partial charge on any atom is 0.335 e. The van der Waals surface area contributed by atoms with Gasteiger partial charge in [0.15, 0.2) is 0 Å². The molecule has 4 heteroatoms. The lowest BCUT2D eigenvalue weighted by atomic mass is 10.1. The Kier molecular flexibility index (Phi) is 2.99. The predicted molar refractivity (Wildman–Crippen MR) is 52.9 cm³/mol. The highest BCUT2D eigenvalue weighted by atomic mass is 16.6. The van der Waals surface area contributed by atoms with Crippen LogP contribution in [0, 0.1) is 0 Å². The summed E-state index contributed by atoms with van der Waals surface area (Å²) in [5.41, 5.74) is 1.25. The molecule has 1 atom stereocenters. The van der Waals surface area contributed by atoms with Crippen LogP contribution in [-0.4, -0.2) is 30.9 Å². The molecule has 1 aliphatic heterocycles. The van der Waals surface area contributed by atoms with E-state index < -0.39 is 5.97 Å². The Bertz CT molecular complexity index is 338. The SMILES string of the molecule is O=C(O)c1ccc(C2COCCO2)cc1. The molecule has 0 radical (unpaired) electrons. The molecule has 1 aromatic rings. The molecule has 1 fully saturated rings. The van der Waals surface area contributed by atoms with E-state index in [0.29, 0.717) is 19.8 Å². The van der Waals surface area contributed by atoms with Gasteiger partial charge in [-0.3, -0.25) is 0 Å². The summed E-state index contributed by atoms with van der Waals surface area (Å²) in [4.78, 5) is 10.6. The number of carbonyl (C=O) groups is 1. The molecule has 80 valence electrons. The van der Waals surface area contributed by atoms with Crippen LogP contribution < -0.4 is 0 Å². The van der Waals surface area contributed by atoms with Crippen molar-refractivity contribution < 1.29 is 19.4 Å². The summed E-state index contributed by atoms with van der Waals surface area (Å²) in [7, 11) is 0. The second-order valence-corrected chi connectivity index (χ2v) is 3.36. The standard InChI is InChI=1S/C11H12O4/c12-11(13)9-3-1-8(2-4-9)10-7-14-5-6-15-10/h1-4,10H,5-7H2,(H,12,13). The average Bonchev–Trinajstić information content (AvgIpc) is 2.30. The van der Waals surface area contributed by atoms with E-state index in [1.807, 2.05) is 0 Å². The molecule has 2 rings (SSSR count). The maximum absolute atomic E-state index is 10.6. The number of carboxylic acid groups (broad SMARTS) is 1. The van der Waals surface area contributed by atoms with Gasteiger partial charge >= 0.3 is 5.97 Å². The van der Waals surface area contributed by atoms with E-state index in [1.165, 1.54) is 0 Å². The van der Waals surface area contributed by atoms with Gasteiger partial charge in [-0.2, -0.15) is 0 Å². The van der Waals surface area contributed by atoms with E-state index in [4.69, 9.17) is 14.6 Å². The molecule has 15 heavy (non-hydrogen) atoms. The largest absolute Gasteiger partial charge is 0.478 e. The zero-order valence-corrected chi connectivity index (χ0v) is 8.18. The van der Waals surface area contributed by atoms with Gasteiger partial charge in [-0.05, 0) is 17.7 Å². The quantitative estimate of drug-likeness (QED) is 0.799. The highest BCUT2D eigenvalue weighted by Crippen LogP contribution is 2.20. The third kappa shape index (κ3) is 2.34. The van der Waals surface area contributed by atoms with Crippen LogP contribution in [0.1, 0.15) is 22.0 Å². The van der Waals surface area contributed by atoms with E-state index in [2.05, 4.69) is 0 Å². The van der Waals surface area contributed by atoms with Crippen molar-refractivity contribution in [2.45, 2.75) is 6.10 Å². The number of hydrogen-bond donors (Lipinski definition) is 1. The van der Waals surface area contributed by atoms with Crippen LogP contribution in [0.4, 0.5) is 0 Å². The van der Waals surface area contributed by atoms with E-state index in [9.17, 15) is 4.79 Å². The van der Waals surface area contributed by atoms with Crippen molar-refractivity contribution in [2.75, 3.05) is 19.8 Å². The van der Waals surface area contributed by atoms with Gasteiger partial charge < -0.3 is 14.6 Å². The van der Waals surface area contributed by atoms with Crippen molar-refractivity contribution in [3.8, 4) is 0 Å². The minimum absolute atomic E-state index is 0.0680. The predicted octanol–water partition coefficient (Wildman–Crippen LogP) is 1.47. The van der Waals surface area contributed by atoms with Crippen LogP contribution in [0.25, 0.3) is 0 Å². The van der Waals surface area contributed by atoms with E-state index in [0.717, 1.165) is 5.56 Å². The third-order valence-electron chi connectivity index (χ3n) is 2.35. The summed E-state index contributed by atoms with van der Waals surface area (Å²) in [6.07, 6.45) is -0.0680. The van der Waals surface area contributed by atoms with Gasteiger partial charge in [0.25, 0.3) is 0 Å². The molecule has 0 spiro atoms. The molecule has 0 aromatic heterocycles. The Morgan fingerprint density at radius 1 is 1.27 bits per heavy atom. The van der Waals surface area contributed by atoms with Gasteiger partial charge in [0.05, 0.1) is 25.4 Å². The number of rotatable bonds is 2. The van der Waals surface area contributed by atoms with Crippen molar-refractivity contribution in [1.29, 1.82) is 0 Å². The first-order chi connectivity index (χ1) is 7.27. The van der Waals surface area contributed by atoms with Gasteiger partial charge in [-0.25, -0.2) is 4.79 Å². The van der Waals surface area contributed by atoms with Gasteiger partial charge in [0.1, 0.15) is 6.10 Å². The fraction of sp³-hybridized carbons (Fsp3) is 0.364. The highest BCUT2D eigenvalue weighted by Gasteiger charge is 2.16. The summed E-state index contributed by atoms with van der Waals surface area (Å²) >= 11 is 0.